The second kappa shape index (κ2) is 7.86. The van der Waals surface area contributed by atoms with Crippen molar-refractivity contribution in [2.45, 2.75) is 39.2 Å². The lowest BCUT2D eigenvalue weighted by molar-refractivity contribution is 0.260. The van der Waals surface area contributed by atoms with Gasteiger partial charge in [-0.05, 0) is 24.5 Å². The molecule has 0 radical (unpaired) electrons. The number of unbranched alkanes of at least 4 members (excludes halogenated alkanes) is 2. The zero-order chi connectivity index (χ0) is 12.5. The summed E-state index contributed by atoms with van der Waals surface area (Å²) in [6.07, 6.45) is 8.93. The van der Waals surface area contributed by atoms with Gasteiger partial charge >= 0.3 is 0 Å². The molecule has 0 aromatic heterocycles. The Hall–Kier alpha value is -1.34. The minimum atomic E-state index is -0.466. The summed E-state index contributed by atoms with van der Waals surface area (Å²) in [7, 11) is 0. The zero-order valence-corrected chi connectivity index (χ0v) is 10.8. The average Bonchev–Trinajstić information content (AvgIpc) is 2.35. The van der Waals surface area contributed by atoms with E-state index in [1.807, 2.05) is 49.4 Å². The summed E-state index contributed by atoms with van der Waals surface area (Å²) >= 11 is 0. The number of aliphatic hydroxyl groups is 1. The van der Waals surface area contributed by atoms with Gasteiger partial charge in [0.1, 0.15) is 0 Å². The van der Waals surface area contributed by atoms with E-state index in [4.69, 9.17) is 0 Å². The smallest absolute Gasteiger partial charge is 0.0932 e. The zero-order valence-electron chi connectivity index (χ0n) is 10.8. The van der Waals surface area contributed by atoms with E-state index in [-0.39, 0.29) is 0 Å². The van der Waals surface area contributed by atoms with E-state index in [2.05, 4.69) is 13.0 Å². The van der Waals surface area contributed by atoms with Crippen LogP contribution >= 0.6 is 0 Å². The molecule has 0 spiro atoms. The maximum atomic E-state index is 9.92. The molecule has 1 nitrogen and oxygen atoms in total. The SMILES string of the molecule is CCCC/C=C/C(O)/C(C)=C/c1ccccc1. The van der Waals surface area contributed by atoms with Gasteiger partial charge in [0.25, 0.3) is 0 Å². The highest BCUT2D eigenvalue weighted by Crippen LogP contribution is 2.11. The molecule has 92 valence electrons. The fourth-order valence-corrected chi connectivity index (χ4v) is 1.60. The first-order valence-corrected chi connectivity index (χ1v) is 6.32. The highest BCUT2D eigenvalue weighted by atomic mass is 16.3. The average molecular weight is 230 g/mol. The first-order chi connectivity index (χ1) is 8.24. The van der Waals surface area contributed by atoms with Crippen molar-refractivity contribution in [2.75, 3.05) is 0 Å². The van der Waals surface area contributed by atoms with Gasteiger partial charge in [-0.3, -0.25) is 0 Å². The number of rotatable bonds is 6. The summed E-state index contributed by atoms with van der Waals surface area (Å²) < 4.78 is 0. The fraction of sp³-hybridized carbons (Fsp3) is 0.375. The second-order valence-corrected chi connectivity index (χ2v) is 4.31. The molecule has 1 aromatic carbocycles. The molecule has 1 aromatic rings. The van der Waals surface area contributed by atoms with E-state index in [9.17, 15) is 5.11 Å². The summed E-state index contributed by atoms with van der Waals surface area (Å²) in [5, 5.41) is 9.92. The van der Waals surface area contributed by atoms with E-state index in [1.165, 1.54) is 12.8 Å². The predicted octanol–water partition coefficient (Wildman–Crippen LogP) is 4.20. The molecular formula is C16H22O. The quantitative estimate of drug-likeness (QED) is 0.573. The third-order valence-corrected chi connectivity index (χ3v) is 2.70. The number of aliphatic hydroxyl groups excluding tert-OH is 1. The number of hydrogen-bond donors (Lipinski definition) is 1. The third-order valence-electron chi connectivity index (χ3n) is 2.70. The minimum Gasteiger partial charge on any atom is -0.385 e. The molecule has 0 amide bonds. The number of hydrogen-bond acceptors (Lipinski definition) is 1. The van der Waals surface area contributed by atoms with Crippen molar-refractivity contribution in [3.05, 3.63) is 53.6 Å². The summed E-state index contributed by atoms with van der Waals surface area (Å²) in [4.78, 5) is 0. The molecule has 1 rings (SSSR count). The van der Waals surface area contributed by atoms with Crippen molar-refractivity contribution in [1.29, 1.82) is 0 Å². The standard InChI is InChI=1S/C16H22O/c1-3-4-5-9-12-16(17)14(2)13-15-10-7-6-8-11-15/h6-13,16-17H,3-5H2,1-2H3/b12-9+,14-13+. The highest BCUT2D eigenvalue weighted by Gasteiger charge is 2.00. The molecule has 0 fully saturated rings. The predicted molar refractivity (Wildman–Crippen MR) is 74.8 cm³/mol. The molecule has 0 aliphatic heterocycles. The number of benzene rings is 1. The Bertz CT molecular complexity index is 362. The van der Waals surface area contributed by atoms with Crippen LogP contribution < -0.4 is 0 Å². The maximum absolute atomic E-state index is 9.92. The molecule has 0 heterocycles. The monoisotopic (exact) mass is 230 g/mol. The van der Waals surface area contributed by atoms with Crippen LogP contribution in [0.5, 0.6) is 0 Å². The van der Waals surface area contributed by atoms with Gasteiger partial charge < -0.3 is 5.11 Å². The Balaban J connectivity index is 2.54. The molecule has 1 unspecified atom stereocenters. The highest BCUT2D eigenvalue weighted by molar-refractivity contribution is 5.53. The van der Waals surface area contributed by atoms with E-state index in [1.54, 1.807) is 0 Å². The van der Waals surface area contributed by atoms with Gasteiger partial charge in [0.2, 0.25) is 0 Å². The molecule has 0 aliphatic carbocycles. The van der Waals surface area contributed by atoms with Gasteiger partial charge in [0, 0.05) is 0 Å². The normalized spacial score (nSPS) is 14.2. The van der Waals surface area contributed by atoms with Crippen molar-refractivity contribution in [1.82, 2.24) is 0 Å². The van der Waals surface area contributed by atoms with Crippen LogP contribution in [0.4, 0.5) is 0 Å². The van der Waals surface area contributed by atoms with Crippen LogP contribution in [-0.4, -0.2) is 11.2 Å². The molecule has 1 heteroatoms. The van der Waals surface area contributed by atoms with Gasteiger partial charge in [-0.15, -0.1) is 0 Å². The summed E-state index contributed by atoms with van der Waals surface area (Å²) in [5.41, 5.74) is 2.11. The lowest BCUT2D eigenvalue weighted by Crippen LogP contribution is -2.03. The Labute approximate surface area is 104 Å². The molecular weight excluding hydrogens is 208 g/mol. The topological polar surface area (TPSA) is 20.2 Å². The van der Waals surface area contributed by atoms with Gasteiger partial charge in [-0.2, -0.15) is 0 Å². The van der Waals surface area contributed by atoms with Gasteiger partial charge in [0.15, 0.2) is 0 Å². The van der Waals surface area contributed by atoms with E-state index in [0.717, 1.165) is 17.6 Å². The summed E-state index contributed by atoms with van der Waals surface area (Å²) in [6, 6.07) is 10.1. The van der Waals surface area contributed by atoms with Crippen molar-refractivity contribution in [3.63, 3.8) is 0 Å². The van der Waals surface area contributed by atoms with Gasteiger partial charge in [0.05, 0.1) is 6.10 Å². The molecule has 0 saturated heterocycles. The molecule has 0 bridgehead atoms. The van der Waals surface area contributed by atoms with Crippen LogP contribution in [0, 0.1) is 0 Å². The number of allylic oxidation sites excluding steroid dienone is 1. The maximum Gasteiger partial charge on any atom is 0.0932 e. The van der Waals surface area contributed by atoms with E-state index < -0.39 is 6.10 Å². The lowest BCUT2D eigenvalue weighted by Gasteiger charge is -2.06. The first-order valence-electron chi connectivity index (χ1n) is 6.32. The molecule has 0 saturated carbocycles. The Morgan fingerprint density at radius 1 is 1.29 bits per heavy atom. The molecule has 17 heavy (non-hydrogen) atoms. The molecule has 0 aliphatic rings. The summed E-state index contributed by atoms with van der Waals surface area (Å²) in [6.45, 7) is 4.13. The van der Waals surface area contributed by atoms with Crippen molar-refractivity contribution in [3.8, 4) is 0 Å². The van der Waals surface area contributed by atoms with E-state index >= 15 is 0 Å². The second-order valence-electron chi connectivity index (χ2n) is 4.31. The lowest BCUT2D eigenvalue weighted by atomic mass is 10.1. The third kappa shape index (κ3) is 5.50. The van der Waals surface area contributed by atoms with Crippen LogP contribution in [0.15, 0.2) is 48.1 Å². The molecule has 1 N–H and O–H groups in total. The van der Waals surface area contributed by atoms with Crippen LogP contribution in [0.1, 0.15) is 38.7 Å². The first kappa shape index (κ1) is 13.7. The Kier molecular flexibility index (Phi) is 6.34. The summed E-state index contributed by atoms with van der Waals surface area (Å²) in [5.74, 6) is 0. The van der Waals surface area contributed by atoms with E-state index in [0.29, 0.717) is 0 Å². The van der Waals surface area contributed by atoms with Crippen LogP contribution in [0.3, 0.4) is 0 Å². The van der Waals surface area contributed by atoms with Gasteiger partial charge in [-0.1, -0.05) is 68.3 Å². The Morgan fingerprint density at radius 3 is 2.65 bits per heavy atom. The minimum absolute atomic E-state index is 0.466. The van der Waals surface area contributed by atoms with Crippen LogP contribution in [0.25, 0.3) is 6.08 Å². The van der Waals surface area contributed by atoms with Gasteiger partial charge in [-0.25, -0.2) is 0 Å². The van der Waals surface area contributed by atoms with Crippen LogP contribution in [-0.2, 0) is 0 Å². The Morgan fingerprint density at radius 2 is 2.00 bits per heavy atom. The van der Waals surface area contributed by atoms with Crippen molar-refractivity contribution < 1.29 is 5.11 Å². The molecule has 1 atom stereocenters. The fourth-order valence-electron chi connectivity index (χ4n) is 1.60. The van der Waals surface area contributed by atoms with Crippen LogP contribution in [0.2, 0.25) is 0 Å². The van der Waals surface area contributed by atoms with Crippen molar-refractivity contribution in [2.24, 2.45) is 0 Å². The van der Waals surface area contributed by atoms with Crippen molar-refractivity contribution >= 4 is 6.08 Å². The largest absolute Gasteiger partial charge is 0.385 e.